The third kappa shape index (κ3) is 2.87. The maximum atomic E-state index is 5.31. The number of rotatable bonds is 3. The molecule has 3 atom stereocenters. The molecule has 1 aliphatic rings. The average molecular weight is 270 g/mol. The molecule has 0 radical (unpaired) electrons. The lowest BCUT2D eigenvalue weighted by Gasteiger charge is -2.34. The molecule has 106 valence electrons. The number of oxazole rings is 1. The number of anilines is 1. The number of hydrogen-bond donors (Lipinski definition) is 1. The molecule has 3 heteroatoms. The zero-order chi connectivity index (χ0) is 13.9. The average Bonchev–Trinajstić information content (AvgIpc) is 2.98. The second-order valence-corrected chi connectivity index (χ2v) is 6.09. The number of aromatic nitrogens is 1. The minimum atomic E-state index is 0.592. The van der Waals surface area contributed by atoms with Gasteiger partial charge in [0.2, 0.25) is 0 Å². The smallest absolute Gasteiger partial charge is 0.181 e. The molecule has 0 amide bonds. The molecule has 1 saturated carbocycles. The summed E-state index contributed by atoms with van der Waals surface area (Å²) in [6, 6.07) is 9.02. The van der Waals surface area contributed by atoms with E-state index in [4.69, 9.17) is 4.42 Å². The molecule has 1 fully saturated rings. The lowest BCUT2D eigenvalue weighted by atomic mass is 9.80. The first-order valence-electron chi connectivity index (χ1n) is 7.48. The van der Waals surface area contributed by atoms with Gasteiger partial charge in [0, 0.05) is 17.3 Å². The Bertz CT molecular complexity index is 533. The number of benzene rings is 1. The molecule has 0 bridgehead atoms. The van der Waals surface area contributed by atoms with Gasteiger partial charge in [-0.15, -0.1) is 0 Å². The van der Waals surface area contributed by atoms with Crippen LogP contribution < -0.4 is 5.32 Å². The van der Waals surface area contributed by atoms with Gasteiger partial charge in [-0.25, -0.2) is 4.98 Å². The van der Waals surface area contributed by atoms with Crippen LogP contribution in [0.25, 0.3) is 11.3 Å². The summed E-state index contributed by atoms with van der Waals surface area (Å²) in [5, 5.41) is 3.69. The fraction of sp³-hybridized carbons (Fsp3) is 0.471. The normalized spacial score (nSPS) is 26.4. The standard InChI is InChI=1S/C17H22N2O/c1-12-3-4-13(2)16(9-12)19-15-7-5-14(6-8-15)17-10-18-11-20-17/h5-8,10-13,16,19H,3-4,9H2,1-2H3. The quantitative estimate of drug-likeness (QED) is 0.887. The Kier molecular flexibility index (Phi) is 3.77. The molecule has 1 aromatic carbocycles. The summed E-state index contributed by atoms with van der Waals surface area (Å²) in [5.41, 5.74) is 2.26. The summed E-state index contributed by atoms with van der Waals surface area (Å²) in [6.07, 6.45) is 7.17. The van der Waals surface area contributed by atoms with E-state index in [1.54, 1.807) is 6.20 Å². The summed E-state index contributed by atoms with van der Waals surface area (Å²) in [7, 11) is 0. The largest absolute Gasteiger partial charge is 0.444 e. The van der Waals surface area contributed by atoms with Crippen LogP contribution in [-0.2, 0) is 0 Å². The number of nitrogens with one attached hydrogen (secondary N) is 1. The number of hydrogen-bond acceptors (Lipinski definition) is 3. The van der Waals surface area contributed by atoms with E-state index in [1.165, 1.54) is 31.3 Å². The fourth-order valence-corrected chi connectivity index (χ4v) is 3.04. The Labute approximate surface area is 120 Å². The minimum Gasteiger partial charge on any atom is -0.444 e. The maximum Gasteiger partial charge on any atom is 0.181 e. The lowest BCUT2D eigenvalue weighted by molar-refractivity contribution is 0.281. The Morgan fingerprint density at radius 3 is 2.65 bits per heavy atom. The van der Waals surface area contributed by atoms with E-state index in [2.05, 4.69) is 48.4 Å². The molecule has 0 saturated heterocycles. The van der Waals surface area contributed by atoms with Crippen molar-refractivity contribution in [2.45, 2.75) is 39.2 Å². The fourth-order valence-electron chi connectivity index (χ4n) is 3.04. The van der Waals surface area contributed by atoms with Crippen molar-refractivity contribution in [3.63, 3.8) is 0 Å². The highest BCUT2D eigenvalue weighted by molar-refractivity contribution is 5.60. The zero-order valence-electron chi connectivity index (χ0n) is 12.2. The van der Waals surface area contributed by atoms with Gasteiger partial charge in [-0.1, -0.05) is 20.3 Å². The van der Waals surface area contributed by atoms with Crippen molar-refractivity contribution in [1.29, 1.82) is 0 Å². The van der Waals surface area contributed by atoms with E-state index in [9.17, 15) is 0 Å². The molecule has 1 N–H and O–H groups in total. The summed E-state index contributed by atoms with van der Waals surface area (Å²) >= 11 is 0. The van der Waals surface area contributed by atoms with Gasteiger partial charge in [-0.05, 0) is 48.9 Å². The van der Waals surface area contributed by atoms with Gasteiger partial charge in [0.05, 0.1) is 6.20 Å². The molecule has 2 aromatic rings. The predicted octanol–water partition coefficient (Wildman–Crippen LogP) is 4.58. The van der Waals surface area contributed by atoms with Crippen molar-refractivity contribution in [3.8, 4) is 11.3 Å². The Morgan fingerprint density at radius 2 is 1.95 bits per heavy atom. The molecular formula is C17H22N2O. The second-order valence-electron chi connectivity index (χ2n) is 6.09. The zero-order valence-corrected chi connectivity index (χ0v) is 12.2. The second kappa shape index (κ2) is 5.70. The maximum absolute atomic E-state index is 5.31. The van der Waals surface area contributed by atoms with Crippen LogP contribution in [0.5, 0.6) is 0 Å². The molecule has 3 rings (SSSR count). The predicted molar refractivity (Wildman–Crippen MR) is 81.5 cm³/mol. The van der Waals surface area contributed by atoms with E-state index in [-0.39, 0.29) is 0 Å². The van der Waals surface area contributed by atoms with Gasteiger partial charge < -0.3 is 9.73 Å². The Hall–Kier alpha value is -1.77. The van der Waals surface area contributed by atoms with Gasteiger partial charge in [0.1, 0.15) is 0 Å². The van der Waals surface area contributed by atoms with Crippen LogP contribution >= 0.6 is 0 Å². The molecule has 20 heavy (non-hydrogen) atoms. The highest BCUT2D eigenvalue weighted by Crippen LogP contribution is 2.31. The van der Waals surface area contributed by atoms with Crippen molar-refractivity contribution < 1.29 is 4.42 Å². The van der Waals surface area contributed by atoms with Crippen LogP contribution in [0, 0.1) is 11.8 Å². The Balaban J connectivity index is 1.69. The van der Waals surface area contributed by atoms with Crippen molar-refractivity contribution in [3.05, 3.63) is 36.9 Å². The van der Waals surface area contributed by atoms with E-state index < -0.39 is 0 Å². The first kappa shape index (κ1) is 13.2. The van der Waals surface area contributed by atoms with Crippen LogP contribution in [0.4, 0.5) is 5.69 Å². The molecule has 0 spiro atoms. The Morgan fingerprint density at radius 1 is 1.15 bits per heavy atom. The molecule has 3 nitrogen and oxygen atoms in total. The SMILES string of the molecule is CC1CCC(C)C(Nc2ccc(-c3cnco3)cc2)C1. The molecule has 1 aliphatic carbocycles. The van der Waals surface area contributed by atoms with Crippen LogP contribution in [0.3, 0.4) is 0 Å². The van der Waals surface area contributed by atoms with E-state index in [0.717, 1.165) is 23.2 Å². The summed E-state index contributed by atoms with van der Waals surface area (Å²) in [4.78, 5) is 3.95. The molecule has 1 heterocycles. The molecule has 1 aromatic heterocycles. The summed E-state index contributed by atoms with van der Waals surface area (Å²) in [5.74, 6) is 2.40. The lowest BCUT2D eigenvalue weighted by Crippen LogP contribution is -2.33. The third-order valence-corrected chi connectivity index (χ3v) is 4.41. The van der Waals surface area contributed by atoms with E-state index in [1.807, 2.05) is 0 Å². The minimum absolute atomic E-state index is 0.592. The van der Waals surface area contributed by atoms with Crippen LogP contribution in [0.2, 0.25) is 0 Å². The van der Waals surface area contributed by atoms with Gasteiger partial charge >= 0.3 is 0 Å². The first-order valence-corrected chi connectivity index (χ1v) is 7.48. The highest BCUT2D eigenvalue weighted by atomic mass is 16.3. The van der Waals surface area contributed by atoms with Gasteiger partial charge in [-0.3, -0.25) is 0 Å². The molecule has 3 unspecified atom stereocenters. The van der Waals surface area contributed by atoms with Crippen LogP contribution in [-0.4, -0.2) is 11.0 Å². The monoisotopic (exact) mass is 270 g/mol. The topological polar surface area (TPSA) is 38.1 Å². The van der Waals surface area contributed by atoms with Crippen molar-refractivity contribution in [2.75, 3.05) is 5.32 Å². The third-order valence-electron chi connectivity index (χ3n) is 4.41. The van der Waals surface area contributed by atoms with Crippen LogP contribution in [0.15, 0.2) is 41.3 Å². The molecule has 0 aliphatic heterocycles. The van der Waals surface area contributed by atoms with Gasteiger partial charge in [-0.2, -0.15) is 0 Å². The number of nitrogens with zero attached hydrogens (tertiary/aromatic N) is 1. The van der Waals surface area contributed by atoms with Crippen molar-refractivity contribution >= 4 is 5.69 Å². The van der Waals surface area contributed by atoms with Gasteiger partial charge in [0.25, 0.3) is 0 Å². The van der Waals surface area contributed by atoms with Crippen molar-refractivity contribution in [1.82, 2.24) is 4.98 Å². The van der Waals surface area contributed by atoms with E-state index >= 15 is 0 Å². The molecular weight excluding hydrogens is 248 g/mol. The van der Waals surface area contributed by atoms with E-state index in [0.29, 0.717) is 6.04 Å². The van der Waals surface area contributed by atoms with Crippen molar-refractivity contribution in [2.24, 2.45) is 11.8 Å². The highest BCUT2D eigenvalue weighted by Gasteiger charge is 2.25. The summed E-state index contributed by atoms with van der Waals surface area (Å²) in [6.45, 7) is 4.71. The van der Waals surface area contributed by atoms with Gasteiger partial charge in [0.15, 0.2) is 12.2 Å². The first-order chi connectivity index (χ1) is 9.72. The van der Waals surface area contributed by atoms with Crippen LogP contribution in [0.1, 0.15) is 33.1 Å². The summed E-state index contributed by atoms with van der Waals surface area (Å²) < 4.78 is 5.31.